The molecule has 3 nitrogen and oxygen atoms in total. The summed E-state index contributed by atoms with van der Waals surface area (Å²) in [7, 11) is 0. The number of aryl methyl sites for hydroxylation is 1. The van der Waals surface area contributed by atoms with Crippen molar-refractivity contribution in [2.24, 2.45) is 0 Å². The van der Waals surface area contributed by atoms with E-state index in [1.165, 1.54) is 18.9 Å². The quantitative estimate of drug-likeness (QED) is 0.783. The van der Waals surface area contributed by atoms with Crippen LogP contribution in [0.25, 0.3) is 11.1 Å². The van der Waals surface area contributed by atoms with E-state index in [0.29, 0.717) is 10.0 Å². The lowest BCUT2D eigenvalue weighted by Crippen LogP contribution is -2.10. The summed E-state index contributed by atoms with van der Waals surface area (Å²) in [4.78, 5) is 4.48. The summed E-state index contributed by atoms with van der Waals surface area (Å²) >= 11 is 3.23. The van der Waals surface area contributed by atoms with Crippen LogP contribution in [-0.2, 0) is 12.8 Å². The molecule has 0 atom stereocenters. The van der Waals surface area contributed by atoms with Crippen LogP contribution in [0.1, 0.15) is 42.5 Å². The number of hydrogen-bond donors (Lipinski definition) is 1. The molecule has 0 saturated carbocycles. The van der Waals surface area contributed by atoms with Crippen LogP contribution >= 0.6 is 15.9 Å². The van der Waals surface area contributed by atoms with Gasteiger partial charge in [0.15, 0.2) is 0 Å². The molecule has 0 fully saturated rings. The minimum absolute atomic E-state index is 0.266. The lowest BCUT2D eigenvalue weighted by atomic mass is 9.88. The number of anilines is 1. The average molecular weight is 374 g/mol. The van der Waals surface area contributed by atoms with Gasteiger partial charge in [-0.1, -0.05) is 18.9 Å². The van der Waals surface area contributed by atoms with Gasteiger partial charge in [0, 0.05) is 11.3 Å². The fraction of sp³-hybridized carbons (Fsp3) is 0.333. The Kier molecular flexibility index (Phi) is 4.63. The molecule has 0 unspecified atom stereocenters. The smallest absolute Gasteiger partial charge is 0.142 e. The largest absolute Gasteiger partial charge is 0.383 e. The zero-order valence-corrected chi connectivity index (χ0v) is 14.3. The van der Waals surface area contributed by atoms with Crippen molar-refractivity contribution in [3.8, 4) is 17.2 Å². The van der Waals surface area contributed by atoms with E-state index in [4.69, 9.17) is 5.73 Å². The Morgan fingerprint density at radius 2 is 1.91 bits per heavy atom. The van der Waals surface area contributed by atoms with Crippen molar-refractivity contribution in [1.82, 2.24) is 4.98 Å². The summed E-state index contributed by atoms with van der Waals surface area (Å²) in [5.74, 6) is -0.0561. The summed E-state index contributed by atoms with van der Waals surface area (Å²) in [6, 6.07) is 7.01. The molecule has 118 valence electrons. The van der Waals surface area contributed by atoms with Crippen molar-refractivity contribution in [3.63, 3.8) is 0 Å². The molecular formula is C18H17BrFN3. The Balaban J connectivity index is 2.27. The maximum atomic E-state index is 13.6. The molecule has 5 heteroatoms. The molecule has 2 N–H and O–H groups in total. The molecular weight excluding hydrogens is 357 g/mol. The van der Waals surface area contributed by atoms with E-state index in [-0.39, 0.29) is 11.6 Å². The molecule has 3 rings (SSSR count). The lowest BCUT2D eigenvalue weighted by Gasteiger charge is -2.19. The molecule has 1 heterocycles. The van der Waals surface area contributed by atoms with Gasteiger partial charge in [-0.15, -0.1) is 0 Å². The topological polar surface area (TPSA) is 62.7 Å². The number of aromatic nitrogens is 1. The van der Waals surface area contributed by atoms with Gasteiger partial charge >= 0.3 is 0 Å². The predicted octanol–water partition coefficient (Wildman–Crippen LogP) is 4.76. The highest BCUT2D eigenvalue weighted by atomic mass is 79.9. The molecule has 1 aromatic carbocycles. The second-order valence-electron chi connectivity index (χ2n) is 5.83. The van der Waals surface area contributed by atoms with Crippen LogP contribution in [0.2, 0.25) is 0 Å². The molecule has 0 bridgehead atoms. The van der Waals surface area contributed by atoms with Gasteiger partial charge in [0.05, 0.1) is 4.47 Å². The van der Waals surface area contributed by atoms with E-state index < -0.39 is 0 Å². The summed E-state index contributed by atoms with van der Waals surface area (Å²) in [5.41, 5.74) is 10.1. The van der Waals surface area contributed by atoms with Gasteiger partial charge in [-0.3, -0.25) is 0 Å². The van der Waals surface area contributed by atoms with Gasteiger partial charge in [-0.2, -0.15) is 5.26 Å². The molecule has 1 aliphatic rings. The van der Waals surface area contributed by atoms with Crippen LogP contribution in [-0.4, -0.2) is 4.98 Å². The maximum absolute atomic E-state index is 13.6. The van der Waals surface area contributed by atoms with Gasteiger partial charge in [0.25, 0.3) is 0 Å². The molecule has 0 saturated heterocycles. The maximum Gasteiger partial charge on any atom is 0.142 e. The fourth-order valence-corrected chi connectivity index (χ4v) is 3.58. The number of nitrogens with two attached hydrogens (primary N) is 1. The first-order valence-electron chi connectivity index (χ1n) is 7.78. The van der Waals surface area contributed by atoms with Gasteiger partial charge in [0.1, 0.15) is 23.3 Å². The molecule has 0 aliphatic heterocycles. The number of hydrogen-bond acceptors (Lipinski definition) is 3. The SMILES string of the molecule is N#Cc1c(N)nc2c(c1-c1ccc(F)c(Br)c1)CCCCCC2. The number of pyridine rings is 1. The second-order valence-corrected chi connectivity index (χ2v) is 6.68. The third-order valence-electron chi connectivity index (χ3n) is 4.32. The van der Waals surface area contributed by atoms with E-state index >= 15 is 0 Å². The molecule has 0 radical (unpaired) electrons. The summed E-state index contributed by atoms with van der Waals surface area (Å²) in [5, 5.41) is 9.56. The van der Waals surface area contributed by atoms with E-state index in [9.17, 15) is 9.65 Å². The van der Waals surface area contributed by atoms with E-state index in [0.717, 1.165) is 48.1 Å². The Morgan fingerprint density at radius 3 is 2.61 bits per heavy atom. The van der Waals surface area contributed by atoms with Crippen LogP contribution in [0.3, 0.4) is 0 Å². The first kappa shape index (κ1) is 15.9. The zero-order valence-electron chi connectivity index (χ0n) is 12.7. The van der Waals surface area contributed by atoms with Gasteiger partial charge < -0.3 is 5.73 Å². The Bertz CT molecular complexity index is 796. The summed E-state index contributed by atoms with van der Waals surface area (Å²) < 4.78 is 14.0. The first-order valence-corrected chi connectivity index (χ1v) is 8.58. The molecule has 2 aromatic rings. The predicted molar refractivity (Wildman–Crippen MR) is 92.3 cm³/mol. The Labute approximate surface area is 143 Å². The van der Waals surface area contributed by atoms with E-state index in [2.05, 4.69) is 27.0 Å². The second kappa shape index (κ2) is 6.67. The highest BCUT2D eigenvalue weighted by molar-refractivity contribution is 9.10. The van der Waals surface area contributed by atoms with Crippen molar-refractivity contribution in [2.45, 2.75) is 38.5 Å². The van der Waals surface area contributed by atoms with Crippen LogP contribution < -0.4 is 5.73 Å². The third-order valence-corrected chi connectivity index (χ3v) is 4.93. The normalized spacial score (nSPS) is 14.5. The van der Waals surface area contributed by atoms with Crippen molar-refractivity contribution in [2.75, 3.05) is 5.73 Å². The van der Waals surface area contributed by atoms with Gasteiger partial charge in [0.2, 0.25) is 0 Å². The lowest BCUT2D eigenvalue weighted by molar-refractivity contribution is 0.609. The highest BCUT2D eigenvalue weighted by Gasteiger charge is 2.21. The number of nitrogens with zero attached hydrogens (tertiary/aromatic N) is 2. The molecule has 23 heavy (non-hydrogen) atoms. The minimum Gasteiger partial charge on any atom is -0.383 e. The molecule has 1 aliphatic carbocycles. The van der Waals surface area contributed by atoms with E-state index in [1.807, 2.05) is 0 Å². The fourth-order valence-electron chi connectivity index (χ4n) is 3.20. The minimum atomic E-state index is -0.322. The number of halogens is 2. The van der Waals surface area contributed by atoms with Gasteiger partial charge in [-0.25, -0.2) is 9.37 Å². The van der Waals surface area contributed by atoms with Gasteiger partial charge in [-0.05, 0) is 64.9 Å². The van der Waals surface area contributed by atoms with Crippen molar-refractivity contribution in [3.05, 3.63) is 45.3 Å². The summed E-state index contributed by atoms with van der Waals surface area (Å²) in [6.07, 6.45) is 6.27. The third kappa shape index (κ3) is 3.09. The zero-order chi connectivity index (χ0) is 16.4. The standard InChI is InChI=1S/C18H17BrFN3/c19-14-9-11(7-8-15(14)20)17-12-5-3-1-2-4-6-16(12)23-18(22)13(17)10-21/h7-9H,1-6H2,(H2,22,23). The van der Waals surface area contributed by atoms with Crippen LogP contribution in [0.4, 0.5) is 10.2 Å². The van der Waals surface area contributed by atoms with Crippen LogP contribution in [0.15, 0.2) is 22.7 Å². The van der Waals surface area contributed by atoms with E-state index in [1.54, 1.807) is 12.1 Å². The summed E-state index contributed by atoms with van der Waals surface area (Å²) in [6.45, 7) is 0. The van der Waals surface area contributed by atoms with Crippen molar-refractivity contribution in [1.29, 1.82) is 5.26 Å². The van der Waals surface area contributed by atoms with Crippen molar-refractivity contribution < 1.29 is 4.39 Å². The number of fused-ring (bicyclic) bond motifs is 1. The average Bonchev–Trinajstić information content (AvgIpc) is 2.51. The monoisotopic (exact) mass is 373 g/mol. The van der Waals surface area contributed by atoms with Crippen molar-refractivity contribution >= 4 is 21.7 Å². The highest BCUT2D eigenvalue weighted by Crippen LogP contribution is 2.36. The van der Waals surface area contributed by atoms with Crippen LogP contribution in [0, 0.1) is 17.1 Å². The molecule has 0 amide bonds. The number of benzene rings is 1. The first-order chi connectivity index (χ1) is 11.1. The molecule has 1 aromatic heterocycles. The molecule has 0 spiro atoms. The number of nitrogen functional groups attached to an aromatic ring is 1. The number of nitriles is 1. The Hall–Kier alpha value is -1.93. The Morgan fingerprint density at radius 1 is 1.17 bits per heavy atom. The van der Waals surface area contributed by atoms with Crippen LogP contribution in [0.5, 0.6) is 0 Å². The number of rotatable bonds is 1.